The van der Waals surface area contributed by atoms with E-state index < -0.39 is 6.04 Å². The molecule has 0 radical (unpaired) electrons. The average Bonchev–Trinajstić information content (AvgIpc) is 2.77. The number of nitrogens with one attached hydrogen (secondary N) is 1. The summed E-state index contributed by atoms with van der Waals surface area (Å²) in [5, 5.41) is 4.33. The van der Waals surface area contributed by atoms with Crippen molar-refractivity contribution in [1.82, 2.24) is 0 Å². The lowest BCUT2D eigenvalue weighted by molar-refractivity contribution is -0.121. The minimum absolute atomic E-state index is 0.0560. The average molecular weight is 370 g/mol. The first-order chi connectivity index (χ1) is 11.0. The Hall–Kier alpha value is -1.75. The van der Waals surface area contributed by atoms with Gasteiger partial charge in [0.1, 0.15) is 6.04 Å². The smallest absolute Gasteiger partial charge is 0.256 e. The van der Waals surface area contributed by atoms with E-state index in [1.807, 2.05) is 0 Å². The molecule has 1 aliphatic heterocycles. The van der Waals surface area contributed by atoms with E-state index in [2.05, 4.69) is 5.32 Å². The standard InChI is InChI=1S/C16H11Cl3N2O2/c17-9-1-4-11(5-2-9)20-13-8-15(22)21(16(13)23)14-6-3-10(18)7-12(14)19/h1-7,13,20H,8H2/t13-/m1/s1. The van der Waals surface area contributed by atoms with Crippen LogP contribution in [0.1, 0.15) is 6.42 Å². The maximum absolute atomic E-state index is 12.5. The van der Waals surface area contributed by atoms with Crippen LogP contribution in [-0.4, -0.2) is 17.9 Å². The maximum Gasteiger partial charge on any atom is 0.256 e. The lowest BCUT2D eigenvalue weighted by Crippen LogP contribution is -2.35. The topological polar surface area (TPSA) is 49.4 Å². The van der Waals surface area contributed by atoms with Gasteiger partial charge in [-0.15, -0.1) is 0 Å². The van der Waals surface area contributed by atoms with Gasteiger partial charge in [0.05, 0.1) is 17.1 Å². The molecule has 0 unspecified atom stereocenters. The van der Waals surface area contributed by atoms with E-state index in [0.29, 0.717) is 21.4 Å². The van der Waals surface area contributed by atoms with Gasteiger partial charge < -0.3 is 5.32 Å². The Morgan fingerprint density at radius 1 is 0.957 bits per heavy atom. The van der Waals surface area contributed by atoms with Crippen LogP contribution < -0.4 is 10.2 Å². The third-order valence-electron chi connectivity index (χ3n) is 3.48. The highest BCUT2D eigenvalue weighted by atomic mass is 35.5. The molecule has 1 fully saturated rings. The van der Waals surface area contributed by atoms with Gasteiger partial charge in [-0.25, -0.2) is 4.90 Å². The van der Waals surface area contributed by atoms with E-state index in [1.54, 1.807) is 36.4 Å². The van der Waals surface area contributed by atoms with Crippen LogP contribution in [0.2, 0.25) is 15.1 Å². The summed E-state index contributed by atoms with van der Waals surface area (Å²) in [6.07, 6.45) is 0.0560. The van der Waals surface area contributed by atoms with Crippen LogP contribution in [0.25, 0.3) is 0 Å². The van der Waals surface area contributed by atoms with Crippen LogP contribution >= 0.6 is 34.8 Å². The molecule has 3 rings (SSSR count). The van der Waals surface area contributed by atoms with Crippen molar-refractivity contribution >= 4 is 58.0 Å². The summed E-state index contributed by atoms with van der Waals surface area (Å²) < 4.78 is 0. The van der Waals surface area contributed by atoms with Gasteiger partial charge >= 0.3 is 0 Å². The number of nitrogens with zero attached hydrogens (tertiary/aromatic N) is 1. The van der Waals surface area contributed by atoms with Crippen molar-refractivity contribution in [3.63, 3.8) is 0 Å². The zero-order chi connectivity index (χ0) is 16.6. The summed E-state index contributed by atoms with van der Waals surface area (Å²) in [6, 6.07) is 10.9. The second-order valence-corrected chi connectivity index (χ2v) is 6.35. The molecule has 23 heavy (non-hydrogen) atoms. The van der Waals surface area contributed by atoms with Crippen molar-refractivity contribution in [1.29, 1.82) is 0 Å². The summed E-state index contributed by atoms with van der Waals surface area (Å²) in [5.41, 5.74) is 1.05. The van der Waals surface area contributed by atoms with E-state index >= 15 is 0 Å². The minimum atomic E-state index is -0.643. The Morgan fingerprint density at radius 3 is 2.26 bits per heavy atom. The highest BCUT2D eigenvalue weighted by Gasteiger charge is 2.40. The van der Waals surface area contributed by atoms with Crippen LogP contribution in [0, 0.1) is 0 Å². The van der Waals surface area contributed by atoms with Crippen molar-refractivity contribution in [2.75, 3.05) is 10.2 Å². The van der Waals surface area contributed by atoms with Crippen LogP contribution in [-0.2, 0) is 9.59 Å². The fraction of sp³-hybridized carbons (Fsp3) is 0.125. The van der Waals surface area contributed by atoms with Gasteiger partial charge in [0, 0.05) is 15.7 Å². The molecule has 118 valence electrons. The number of hydrogen-bond acceptors (Lipinski definition) is 3. The van der Waals surface area contributed by atoms with Crippen LogP contribution in [0.3, 0.4) is 0 Å². The van der Waals surface area contributed by atoms with Gasteiger partial charge in [-0.1, -0.05) is 34.8 Å². The van der Waals surface area contributed by atoms with Crippen LogP contribution in [0.5, 0.6) is 0 Å². The van der Waals surface area contributed by atoms with Gasteiger partial charge in [-0.05, 0) is 42.5 Å². The summed E-state index contributed by atoms with van der Waals surface area (Å²) in [7, 11) is 0. The van der Waals surface area contributed by atoms with Crippen molar-refractivity contribution < 1.29 is 9.59 Å². The molecule has 2 aromatic carbocycles. The maximum atomic E-state index is 12.5. The molecular weight excluding hydrogens is 359 g/mol. The molecule has 0 aliphatic carbocycles. The second-order valence-electron chi connectivity index (χ2n) is 5.07. The fourth-order valence-corrected chi connectivity index (χ4v) is 3.03. The first-order valence-electron chi connectivity index (χ1n) is 6.79. The van der Waals surface area contributed by atoms with Crippen molar-refractivity contribution in [3.8, 4) is 0 Å². The van der Waals surface area contributed by atoms with Crippen LogP contribution in [0.15, 0.2) is 42.5 Å². The van der Waals surface area contributed by atoms with Gasteiger partial charge in [0.2, 0.25) is 5.91 Å². The predicted octanol–water partition coefficient (Wildman–Crippen LogP) is 4.39. The molecule has 2 amide bonds. The van der Waals surface area contributed by atoms with E-state index in [0.717, 1.165) is 4.90 Å². The van der Waals surface area contributed by atoms with Crippen LogP contribution in [0.4, 0.5) is 11.4 Å². The summed E-state index contributed by atoms with van der Waals surface area (Å²) in [5.74, 6) is -0.667. The first-order valence-corrected chi connectivity index (χ1v) is 7.93. The van der Waals surface area contributed by atoms with E-state index in [9.17, 15) is 9.59 Å². The van der Waals surface area contributed by atoms with Gasteiger partial charge in [0.25, 0.3) is 5.91 Å². The number of hydrogen-bond donors (Lipinski definition) is 1. The molecule has 1 saturated heterocycles. The zero-order valence-electron chi connectivity index (χ0n) is 11.7. The summed E-state index contributed by atoms with van der Waals surface area (Å²) >= 11 is 17.8. The lowest BCUT2D eigenvalue weighted by atomic mass is 10.2. The Balaban J connectivity index is 1.83. The highest BCUT2D eigenvalue weighted by Crippen LogP contribution is 2.33. The molecule has 1 N–H and O–H groups in total. The number of amides is 2. The van der Waals surface area contributed by atoms with E-state index in [1.165, 1.54) is 6.07 Å². The normalized spacial score (nSPS) is 17.7. The molecule has 1 atom stereocenters. The fourth-order valence-electron chi connectivity index (χ4n) is 2.41. The Bertz CT molecular complexity index is 777. The predicted molar refractivity (Wildman–Crippen MR) is 92.4 cm³/mol. The van der Waals surface area contributed by atoms with Gasteiger partial charge in [-0.2, -0.15) is 0 Å². The first kappa shape index (κ1) is 16.1. The molecule has 1 heterocycles. The molecule has 0 aromatic heterocycles. The monoisotopic (exact) mass is 368 g/mol. The SMILES string of the molecule is O=C1C[C@@H](Nc2ccc(Cl)cc2)C(=O)N1c1ccc(Cl)cc1Cl. The molecule has 7 heteroatoms. The number of carbonyl (C=O) groups is 2. The number of imide groups is 1. The van der Waals surface area contributed by atoms with Gasteiger partial charge in [0.15, 0.2) is 0 Å². The van der Waals surface area contributed by atoms with Crippen molar-refractivity contribution in [2.45, 2.75) is 12.5 Å². The van der Waals surface area contributed by atoms with E-state index in [4.69, 9.17) is 34.8 Å². The molecule has 0 spiro atoms. The third-order valence-corrected chi connectivity index (χ3v) is 4.27. The summed E-state index contributed by atoms with van der Waals surface area (Å²) in [4.78, 5) is 25.9. The Kier molecular flexibility index (Phi) is 4.48. The molecule has 0 saturated carbocycles. The number of halogens is 3. The number of benzene rings is 2. The van der Waals surface area contributed by atoms with Gasteiger partial charge in [-0.3, -0.25) is 9.59 Å². The van der Waals surface area contributed by atoms with E-state index in [-0.39, 0.29) is 23.3 Å². The molecule has 0 bridgehead atoms. The largest absolute Gasteiger partial charge is 0.373 e. The molecular formula is C16H11Cl3N2O2. The van der Waals surface area contributed by atoms with Crippen molar-refractivity contribution in [3.05, 3.63) is 57.5 Å². The third kappa shape index (κ3) is 3.29. The zero-order valence-corrected chi connectivity index (χ0v) is 14.0. The number of carbonyl (C=O) groups excluding carboxylic acids is 2. The molecule has 4 nitrogen and oxygen atoms in total. The molecule has 1 aliphatic rings. The number of anilines is 2. The highest BCUT2D eigenvalue weighted by molar-refractivity contribution is 6.38. The number of rotatable bonds is 3. The summed E-state index contributed by atoms with van der Waals surface area (Å²) in [6.45, 7) is 0. The lowest BCUT2D eigenvalue weighted by Gasteiger charge is -2.17. The quantitative estimate of drug-likeness (QED) is 0.816. The second kappa shape index (κ2) is 6.40. The Labute approximate surface area is 147 Å². The Morgan fingerprint density at radius 2 is 1.61 bits per heavy atom. The molecule has 2 aromatic rings. The van der Waals surface area contributed by atoms with Crippen molar-refractivity contribution in [2.24, 2.45) is 0 Å². The minimum Gasteiger partial charge on any atom is -0.373 e.